The number of aliphatic hydroxyl groups excluding tert-OH is 1. The van der Waals surface area contributed by atoms with E-state index in [1.165, 1.54) is 29.2 Å². The molecule has 216 valence electrons. The third-order valence-electron chi connectivity index (χ3n) is 6.12. The van der Waals surface area contributed by atoms with Crippen LogP contribution in [0.2, 0.25) is 0 Å². The summed E-state index contributed by atoms with van der Waals surface area (Å²) in [7, 11) is 0. The van der Waals surface area contributed by atoms with Crippen LogP contribution in [0.4, 0.5) is 5.69 Å². The molecule has 0 fully saturated rings. The number of aromatic carboxylic acids is 1. The Bertz CT molecular complexity index is 1430. The predicted octanol–water partition coefficient (Wildman–Crippen LogP) is 2.94. The molecular weight excluding hydrogens is 530 g/mol. The van der Waals surface area contributed by atoms with Gasteiger partial charge in [0.25, 0.3) is 17.7 Å². The Labute approximate surface area is 236 Å². The van der Waals surface area contributed by atoms with E-state index < -0.39 is 47.0 Å². The number of hydrogen-bond donors (Lipinski definition) is 4. The maximum absolute atomic E-state index is 13.2. The molecule has 11 nitrogen and oxygen atoms in total. The maximum Gasteiger partial charge on any atom is 0.335 e. The summed E-state index contributed by atoms with van der Waals surface area (Å²) in [6.45, 7) is 4.71. The van der Waals surface area contributed by atoms with Crippen molar-refractivity contribution >= 4 is 29.4 Å². The fourth-order valence-electron chi connectivity index (χ4n) is 4.18. The Morgan fingerprint density at radius 3 is 2.20 bits per heavy atom. The molecule has 0 aliphatic rings. The predicted molar refractivity (Wildman–Crippen MR) is 151 cm³/mol. The Morgan fingerprint density at radius 1 is 0.902 bits per heavy atom. The molecule has 2 atom stereocenters. The number of carboxylic acids is 1. The standard InChI is InChI=1S/C30H33N3O8/c1-3-13-33(14-4-2)29(38)25-18-22(34)17-24(41-25)27(36)32-23(15-19-9-6-5-7-10-19)26(35)28(37)31-21-12-8-11-20(16-21)30(39)40/h5-12,16-18,23,26,35H,3-4,13-15H2,1-2H3,(H,31,37)(H,32,36)(H,39,40)/t23-,26+/m0/s1. The van der Waals surface area contributed by atoms with Crippen LogP contribution in [0.15, 0.2) is 75.9 Å². The van der Waals surface area contributed by atoms with E-state index in [0.29, 0.717) is 31.5 Å². The zero-order valence-corrected chi connectivity index (χ0v) is 22.8. The number of amides is 3. The first-order valence-corrected chi connectivity index (χ1v) is 13.2. The number of aliphatic hydroxyl groups is 1. The lowest BCUT2D eigenvalue weighted by Gasteiger charge is -2.24. The zero-order valence-electron chi connectivity index (χ0n) is 22.8. The van der Waals surface area contributed by atoms with Crippen LogP contribution < -0.4 is 16.1 Å². The fraction of sp³-hybridized carbons (Fsp3) is 0.300. The summed E-state index contributed by atoms with van der Waals surface area (Å²) >= 11 is 0. The molecule has 0 spiro atoms. The van der Waals surface area contributed by atoms with Crippen molar-refractivity contribution in [1.82, 2.24) is 10.2 Å². The molecule has 1 heterocycles. The van der Waals surface area contributed by atoms with Crippen LogP contribution >= 0.6 is 0 Å². The van der Waals surface area contributed by atoms with E-state index in [1.807, 2.05) is 13.8 Å². The number of carbonyl (C=O) groups is 4. The van der Waals surface area contributed by atoms with Gasteiger partial charge in [-0.25, -0.2) is 4.79 Å². The average Bonchev–Trinajstić information content (AvgIpc) is 2.96. The molecular formula is C30H33N3O8. The second-order valence-electron chi connectivity index (χ2n) is 9.40. The van der Waals surface area contributed by atoms with Crippen molar-refractivity contribution in [2.45, 2.75) is 45.3 Å². The molecule has 0 aliphatic carbocycles. The molecule has 0 unspecified atom stereocenters. The number of rotatable bonds is 13. The van der Waals surface area contributed by atoms with Crippen LogP contribution in [0, 0.1) is 0 Å². The normalized spacial score (nSPS) is 12.2. The van der Waals surface area contributed by atoms with Crippen LogP contribution in [0.25, 0.3) is 0 Å². The summed E-state index contributed by atoms with van der Waals surface area (Å²) in [4.78, 5) is 64.4. The second kappa shape index (κ2) is 14.6. The van der Waals surface area contributed by atoms with Crippen LogP contribution in [0.1, 0.15) is 63.7 Å². The van der Waals surface area contributed by atoms with E-state index in [2.05, 4.69) is 10.6 Å². The van der Waals surface area contributed by atoms with Crippen molar-refractivity contribution in [3.05, 3.63) is 99.6 Å². The van der Waals surface area contributed by atoms with Gasteiger partial charge in [0.1, 0.15) is 0 Å². The molecule has 0 saturated heterocycles. The molecule has 0 radical (unpaired) electrons. The van der Waals surface area contributed by atoms with Crippen LogP contribution in [0.3, 0.4) is 0 Å². The fourth-order valence-corrected chi connectivity index (χ4v) is 4.18. The van der Waals surface area contributed by atoms with E-state index in [9.17, 15) is 34.2 Å². The largest absolute Gasteiger partial charge is 0.478 e. The lowest BCUT2D eigenvalue weighted by atomic mass is 10.00. The summed E-state index contributed by atoms with van der Waals surface area (Å²) in [5.41, 5.74) is 0.151. The number of hydrogen-bond acceptors (Lipinski definition) is 7. The number of nitrogens with zero attached hydrogens (tertiary/aromatic N) is 1. The van der Waals surface area contributed by atoms with Crippen molar-refractivity contribution in [2.75, 3.05) is 18.4 Å². The number of benzene rings is 2. The molecule has 41 heavy (non-hydrogen) atoms. The molecule has 0 aliphatic heterocycles. The Kier molecular flexibility index (Phi) is 10.9. The van der Waals surface area contributed by atoms with Crippen molar-refractivity contribution in [2.24, 2.45) is 0 Å². The van der Waals surface area contributed by atoms with Crippen molar-refractivity contribution < 1.29 is 33.8 Å². The van der Waals surface area contributed by atoms with Crippen LogP contribution in [0.5, 0.6) is 0 Å². The molecule has 3 rings (SSSR count). The van der Waals surface area contributed by atoms with Gasteiger partial charge in [0.15, 0.2) is 23.1 Å². The van der Waals surface area contributed by atoms with Gasteiger partial charge < -0.3 is 30.2 Å². The van der Waals surface area contributed by atoms with Crippen molar-refractivity contribution in [3.8, 4) is 0 Å². The summed E-state index contributed by atoms with van der Waals surface area (Å²) in [6.07, 6.45) is -0.371. The summed E-state index contributed by atoms with van der Waals surface area (Å²) < 4.78 is 5.54. The first-order chi connectivity index (χ1) is 19.6. The molecule has 0 bridgehead atoms. The molecule has 11 heteroatoms. The minimum absolute atomic E-state index is 0.0277. The van der Waals surface area contributed by atoms with Gasteiger partial charge in [-0.05, 0) is 43.0 Å². The highest BCUT2D eigenvalue weighted by Gasteiger charge is 2.30. The summed E-state index contributed by atoms with van der Waals surface area (Å²) in [5.74, 6) is -4.26. The zero-order chi connectivity index (χ0) is 29.9. The quantitative estimate of drug-likeness (QED) is 0.246. The lowest BCUT2D eigenvalue weighted by Crippen LogP contribution is -2.50. The minimum Gasteiger partial charge on any atom is -0.478 e. The highest BCUT2D eigenvalue weighted by atomic mass is 16.4. The SMILES string of the molecule is CCCN(CCC)C(=O)c1cc(=O)cc(C(=O)N[C@@H](Cc2ccccc2)[C@@H](O)C(=O)Nc2cccc(C(=O)O)c2)o1. The van der Waals surface area contributed by atoms with Crippen LogP contribution in [-0.4, -0.2) is 64.0 Å². The number of anilines is 1. The van der Waals surface area contributed by atoms with Crippen molar-refractivity contribution in [3.63, 3.8) is 0 Å². The summed E-state index contributed by atoms with van der Waals surface area (Å²) in [5, 5.41) is 25.2. The molecule has 1 aromatic heterocycles. The average molecular weight is 564 g/mol. The first-order valence-electron chi connectivity index (χ1n) is 13.2. The van der Waals surface area contributed by atoms with Crippen molar-refractivity contribution in [1.29, 1.82) is 0 Å². The van der Waals surface area contributed by atoms with E-state index in [0.717, 1.165) is 12.1 Å². The smallest absolute Gasteiger partial charge is 0.335 e. The second-order valence-corrected chi connectivity index (χ2v) is 9.40. The van der Waals surface area contributed by atoms with Gasteiger partial charge in [-0.15, -0.1) is 0 Å². The van der Waals surface area contributed by atoms with Crippen LogP contribution in [-0.2, 0) is 11.2 Å². The van der Waals surface area contributed by atoms with Gasteiger partial charge in [0.2, 0.25) is 0 Å². The minimum atomic E-state index is -1.78. The number of carbonyl (C=O) groups excluding carboxylic acids is 3. The van der Waals surface area contributed by atoms with Gasteiger partial charge in [-0.2, -0.15) is 0 Å². The number of carboxylic acid groups (broad SMARTS) is 1. The monoisotopic (exact) mass is 563 g/mol. The van der Waals surface area contributed by atoms with E-state index >= 15 is 0 Å². The molecule has 3 aromatic rings. The third kappa shape index (κ3) is 8.61. The topological polar surface area (TPSA) is 166 Å². The Hall–Kier alpha value is -4.77. The molecule has 0 saturated carbocycles. The summed E-state index contributed by atoms with van der Waals surface area (Å²) in [6, 6.07) is 15.0. The Balaban J connectivity index is 1.86. The lowest BCUT2D eigenvalue weighted by molar-refractivity contribution is -0.125. The van der Waals surface area contributed by atoms with Gasteiger partial charge in [0, 0.05) is 30.9 Å². The highest BCUT2D eigenvalue weighted by molar-refractivity contribution is 5.98. The Morgan fingerprint density at radius 2 is 1.56 bits per heavy atom. The van der Waals surface area contributed by atoms with Gasteiger partial charge >= 0.3 is 5.97 Å². The molecule has 2 aromatic carbocycles. The molecule has 3 amide bonds. The van der Waals surface area contributed by atoms with E-state index in [4.69, 9.17) is 4.42 Å². The van der Waals surface area contributed by atoms with E-state index in [-0.39, 0.29) is 23.4 Å². The van der Waals surface area contributed by atoms with E-state index in [1.54, 1.807) is 30.3 Å². The first kappa shape index (κ1) is 30.8. The maximum atomic E-state index is 13.2. The number of nitrogens with one attached hydrogen (secondary N) is 2. The molecule has 4 N–H and O–H groups in total. The van der Waals surface area contributed by atoms with Gasteiger partial charge in [0.05, 0.1) is 11.6 Å². The van der Waals surface area contributed by atoms with Gasteiger partial charge in [-0.3, -0.25) is 19.2 Å². The highest BCUT2D eigenvalue weighted by Crippen LogP contribution is 2.14. The third-order valence-corrected chi connectivity index (χ3v) is 6.12. The van der Waals surface area contributed by atoms with Gasteiger partial charge in [-0.1, -0.05) is 50.2 Å².